The first-order chi connectivity index (χ1) is 9.76. The highest BCUT2D eigenvalue weighted by molar-refractivity contribution is 5.47. The maximum atomic E-state index is 3.38. The van der Waals surface area contributed by atoms with Crippen molar-refractivity contribution in [1.82, 2.24) is 5.32 Å². The molecule has 2 aliphatic carbocycles. The lowest BCUT2D eigenvalue weighted by Crippen LogP contribution is -2.28. The Morgan fingerprint density at radius 2 is 1.95 bits per heavy atom. The highest BCUT2D eigenvalue weighted by atomic mass is 15.1. The van der Waals surface area contributed by atoms with Crippen LogP contribution in [0.25, 0.3) is 0 Å². The van der Waals surface area contributed by atoms with E-state index < -0.39 is 0 Å². The Morgan fingerprint density at radius 1 is 1.15 bits per heavy atom. The topological polar surface area (TPSA) is 15.3 Å². The van der Waals surface area contributed by atoms with Crippen molar-refractivity contribution >= 4 is 5.69 Å². The van der Waals surface area contributed by atoms with Gasteiger partial charge in [0.25, 0.3) is 0 Å². The van der Waals surface area contributed by atoms with E-state index in [1.54, 1.807) is 0 Å². The number of anilines is 1. The van der Waals surface area contributed by atoms with E-state index in [0.717, 1.165) is 30.8 Å². The lowest BCUT2D eigenvalue weighted by Gasteiger charge is -2.28. The molecule has 3 rings (SSSR count). The van der Waals surface area contributed by atoms with Crippen molar-refractivity contribution < 1.29 is 0 Å². The Bertz CT molecular complexity index is 426. The predicted octanol–water partition coefficient (Wildman–Crippen LogP) is 3.67. The maximum Gasteiger partial charge on any atom is 0.0363 e. The van der Waals surface area contributed by atoms with Crippen LogP contribution in [0.2, 0.25) is 0 Å². The average molecular weight is 272 g/mol. The fourth-order valence-corrected chi connectivity index (χ4v) is 4.19. The Balaban J connectivity index is 1.55. The second-order valence-electron chi connectivity index (χ2n) is 6.76. The van der Waals surface area contributed by atoms with Gasteiger partial charge in [0, 0.05) is 25.8 Å². The van der Waals surface area contributed by atoms with E-state index in [1.807, 2.05) is 0 Å². The summed E-state index contributed by atoms with van der Waals surface area (Å²) in [5.74, 6) is 3.02. The molecule has 2 heteroatoms. The molecule has 0 amide bonds. The average Bonchev–Trinajstić information content (AvgIpc) is 3.08. The Hall–Kier alpha value is -1.02. The first-order valence-corrected chi connectivity index (χ1v) is 8.27. The highest BCUT2D eigenvalue weighted by Crippen LogP contribution is 2.48. The fraction of sp³-hybridized carbons (Fsp3) is 0.667. The van der Waals surface area contributed by atoms with Crippen molar-refractivity contribution in [2.45, 2.75) is 39.2 Å². The largest absolute Gasteiger partial charge is 0.374 e. The molecule has 1 aromatic carbocycles. The first-order valence-electron chi connectivity index (χ1n) is 8.27. The van der Waals surface area contributed by atoms with E-state index >= 15 is 0 Å². The molecule has 2 saturated carbocycles. The first kappa shape index (κ1) is 13.9. The van der Waals surface area contributed by atoms with Crippen molar-refractivity contribution in [3.63, 3.8) is 0 Å². The summed E-state index contributed by atoms with van der Waals surface area (Å²) in [4.78, 5) is 2.46. The number of benzene rings is 1. The van der Waals surface area contributed by atoms with Crippen molar-refractivity contribution in [1.29, 1.82) is 0 Å². The van der Waals surface area contributed by atoms with Crippen LogP contribution in [0.4, 0.5) is 5.69 Å². The minimum absolute atomic E-state index is 0.945. The van der Waals surface area contributed by atoms with Crippen LogP contribution >= 0.6 is 0 Å². The molecule has 2 aliphatic rings. The monoisotopic (exact) mass is 272 g/mol. The number of nitrogens with one attached hydrogen (secondary N) is 1. The second kappa shape index (κ2) is 6.17. The summed E-state index contributed by atoms with van der Waals surface area (Å²) in [6.07, 6.45) is 5.99. The number of hydrogen-bond acceptors (Lipinski definition) is 2. The molecule has 0 aliphatic heterocycles. The smallest absolute Gasteiger partial charge is 0.0363 e. The molecule has 20 heavy (non-hydrogen) atoms. The molecule has 0 radical (unpaired) electrons. The van der Waals surface area contributed by atoms with E-state index in [4.69, 9.17) is 0 Å². The molecule has 1 N–H and O–H groups in total. The molecule has 1 aromatic rings. The number of nitrogens with zero attached hydrogens (tertiary/aromatic N) is 1. The van der Waals surface area contributed by atoms with Gasteiger partial charge in [0.2, 0.25) is 0 Å². The zero-order valence-corrected chi connectivity index (χ0v) is 12.9. The maximum absolute atomic E-state index is 3.38. The highest BCUT2D eigenvalue weighted by Gasteiger charge is 2.39. The van der Waals surface area contributed by atoms with E-state index in [9.17, 15) is 0 Å². The van der Waals surface area contributed by atoms with Gasteiger partial charge in [-0.15, -0.1) is 0 Å². The minimum atomic E-state index is 0.945. The van der Waals surface area contributed by atoms with Gasteiger partial charge in [-0.05, 0) is 61.3 Å². The number of fused-ring (bicyclic) bond motifs is 2. The number of hydrogen-bond donors (Lipinski definition) is 1. The van der Waals surface area contributed by atoms with Crippen LogP contribution in [-0.4, -0.2) is 20.1 Å². The second-order valence-corrected chi connectivity index (χ2v) is 6.76. The molecule has 2 fully saturated rings. The van der Waals surface area contributed by atoms with Gasteiger partial charge in [0.15, 0.2) is 0 Å². The summed E-state index contributed by atoms with van der Waals surface area (Å²) >= 11 is 0. The fourth-order valence-electron chi connectivity index (χ4n) is 4.19. The lowest BCUT2D eigenvalue weighted by atomic mass is 9.88. The Labute approximate surface area is 123 Å². The third-order valence-corrected chi connectivity index (χ3v) is 5.35. The Kier molecular flexibility index (Phi) is 4.30. The molecule has 0 aromatic heterocycles. The normalized spacial score (nSPS) is 28.0. The van der Waals surface area contributed by atoms with Crippen LogP contribution < -0.4 is 10.2 Å². The summed E-state index contributed by atoms with van der Waals surface area (Å²) in [5.41, 5.74) is 2.75. The predicted molar refractivity (Wildman–Crippen MR) is 86.0 cm³/mol. The van der Waals surface area contributed by atoms with Crippen molar-refractivity contribution in [3.05, 3.63) is 29.8 Å². The molecule has 2 nitrogen and oxygen atoms in total. The third-order valence-electron chi connectivity index (χ3n) is 5.35. The third kappa shape index (κ3) is 3.01. The molecule has 3 atom stereocenters. The van der Waals surface area contributed by atoms with Crippen LogP contribution in [0.3, 0.4) is 0 Å². The van der Waals surface area contributed by atoms with Gasteiger partial charge in [-0.3, -0.25) is 0 Å². The van der Waals surface area contributed by atoms with Gasteiger partial charge < -0.3 is 10.2 Å². The Morgan fingerprint density at radius 3 is 2.55 bits per heavy atom. The summed E-state index contributed by atoms with van der Waals surface area (Å²) in [7, 11) is 2.26. The summed E-state index contributed by atoms with van der Waals surface area (Å²) < 4.78 is 0. The summed E-state index contributed by atoms with van der Waals surface area (Å²) in [6, 6.07) is 9.07. The number of rotatable bonds is 6. The van der Waals surface area contributed by atoms with Gasteiger partial charge >= 0.3 is 0 Å². The van der Waals surface area contributed by atoms with Gasteiger partial charge in [-0.1, -0.05) is 25.5 Å². The van der Waals surface area contributed by atoms with E-state index in [2.05, 4.69) is 48.5 Å². The molecule has 110 valence electrons. The van der Waals surface area contributed by atoms with Crippen LogP contribution in [0.1, 0.15) is 38.2 Å². The van der Waals surface area contributed by atoms with E-state index in [-0.39, 0.29) is 0 Å². The van der Waals surface area contributed by atoms with Gasteiger partial charge in [0.05, 0.1) is 0 Å². The van der Waals surface area contributed by atoms with Crippen molar-refractivity contribution in [2.24, 2.45) is 17.8 Å². The molecule has 2 bridgehead atoms. The standard InChI is InChI=1S/C18H28N2/c1-3-19-12-14-5-8-18(9-6-14)20(2)13-17-11-15-4-7-16(17)10-15/h5-6,8-9,15-17,19H,3-4,7,10-13H2,1-2H3. The van der Waals surface area contributed by atoms with Gasteiger partial charge in [0.1, 0.15) is 0 Å². The zero-order chi connectivity index (χ0) is 13.9. The van der Waals surface area contributed by atoms with Crippen molar-refractivity contribution in [3.8, 4) is 0 Å². The van der Waals surface area contributed by atoms with Crippen LogP contribution in [0.15, 0.2) is 24.3 Å². The molecule has 0 heterocycles. The van der Waals surface area contributed by atoms with Crippen LogP contribution in [0, 0.1) is 17.8 Å². The summed E-state index contributed by atoms with van der Waals surface area (Å²) in [5, 5.41) is 3.38. The van der Waals surface area contributed by atoms with E-state index in [1.165, 1.54) is 43.5 Å². The van der Waals surface area contributed by atoms with E-state index in [0.29, 0.717) is 0 Å². The van der Waals surface area contributed by atoms with Crippen molar-refractivity contribution in [2.75, 3.05) is 25.0 Å². The lowest BCUT2D eigenvalue weighted by molar-refractivity contribution is 0.337. The van der Waals surface area contributed by atoms with Crippen LogP contribution in [-0.2, 0) is 6.54 Å². The molecular formula is C18H28N2. The molecule has 0 saturated heterocycles. The SMILES string of the molecule is CCNCc1ccc(N(C)CC2CC3CCC2C3)cc1. The zero-order valence-electron chi connectivity index (χ0n) is 12.9. The van der Waals surface area contributed by atoms with Crippen LogP contribution in [0.5, 0.6) is 0 Å². The van der Waals surface area contributed by atoms with Gasteiger partial charge in [-0.25, -0.2) is 0 Å². The quantitative estimate of drug-likeness (QED) is 0.850. The summed E-state index contributed by atoms with van der Waals surface area (Å²) in [6.45, 7) is 5.41. The molecule has 0 spiro atoms. The van der Waals surface area contributed by atoms with Gasteiger partial charge in [-0.2, -0.15) is 0 Å². The molecule has 3 unspecified atom stereocenters. The minimum Gasteiger partial charge on any atom is -0.374 e. The molecular weight excluding hydrogens is 244 g/mol.